The minimum atomic E-state index is -0.485. The number of rotatable bonds is 6. The maximum Gasteiger partial charge on any atom is 0.410 e. The third kappa shape index (κ3) is 5.85. The smallest absolute Gasteiger partial charge is 0.410 e. The van der Waals surface area contributed by atoms with Gasteiger partial charge in [0.05, 0.1) is 0 Å². The van der Waals surface area contributed by atoms with Crippen LogP contribution in [0.1, 0.15) is 43.1 Å². The maximum absolute atomic E-state index is 12.5. The fraction of sp³-hybridized carbons (Fsp3) is 0.522. The highest BCUT2D eigenvalue weighted by Gasteiger charge is 2.31. The van der Waals surface area contributed by atoms with Gasteiger partial charge in [0.1, 0.15) is 12.1 Å². The van der Waals surface area contributed by atoms with Crippen molar-refractivity contribution in [3.05, 3.63) is 42.0 Å². The van der Waals surface area contributed by atoms with Gasteiger partial charge >= 0.3 is 6.09 Å². The predicted molar refractivity (Wildman–Crippen MR) is 118 cm³/mol. The van der Waals surface area contributed by atoms with Crippen molar-refractivity contribution in [2.45, 2.75) is 32.8 Å². The van der Waals surface area contributed by atoms with Crippen molar-refractivity contribution in [1.29, 1.82) is 0 Å². The Morgan fingerprint density at radius 2 is 1.74 bits per heavy atom. The van der Waals surface area contributed by atoms with Crippen LogP contribution in [-0.2, 0) is 9.53 Å². The van der Waals surface area contributed by atoms with Gasteiger partial charge in [-0.15, -0.1) is 0 Å². The average Bonchev–Trinajstić information content (AvgIpc) is 2.95. The summed E-state index contributed by atoms with van der Waals surface area (Å²) in [6.45, 7) is 13.7. The Morgan fingerprint density at radius 3 is 2.35 bits per heavy atom. The molecule has 0 unspecified atom stereocenters. The van der Waals surface area contributed by atoms with Crippen LogP contribution in [0.15, 0.2) is 30.8 Å². The molecule has 168 valence electrons. The number of piperazine rings is 1. The van der Waals surface area contributed by atoms with E-state index in [2.05, 4.69) is 16.8 Å². The Bertz CT molecular complexity index is 818. The minimum absolute atomic E-state index is 0.0269. The van der Waals surface area contributed by atoms with E-state index in [4.69, 9.17) is 4.74 Å². The molecule has 0 saturated carbocycles. The van der Waals surface area contributed by atoms with Crippen LogP contribution in [0.4, 0.5) is 4.79 Å². The second-order valence-electron chi connectivity index (χ2n) is 8.90. The number of hydrogen-bond acceptors (Lipinski definition) is 5. The van der Waals surface area contributed by atoms with Crippen molar-refractivity contribution in [3.63, 3.8) is 0 Å². The van der Waals surface area contributed by atoms with Gasteiger partial charge < -0.3 is 15.0 Å². The number of amides is 3. The van der Waals surface area contributed by atoms with Crippen LogP contribution in [0.2, 0.25) is 0 Å². The van der Waals surface area contributed by atoms with Crippen LogP contribution in [0.3, 0.4) is 0 Å². The quantitative estimate of drug-likeness (QED) is 0.703. The average molecular weight is 429 g/mol. The largest absolute Gasteiger partial charge is 0.444 e. The van der Waals surface area contributed by atoms with Gasteiger partial charge in [0.25, 0.3) is 5.91 Å². The molecule has 2 heterocycles. The van der Waals surface area contributed by atoms with E-state index in [0.29, 0.717) is 30.9 Å². The summed E-state index contributed by atoms with van der Waals surface area (Å²) in [7, 11) is 0. The number of carbonyl (C=O) groups excluding carboxylic acids is 3. The second kappa shape index (κ2) is 9.51. The maximum atomic E-state index is 12.5. The van der Waals surface area contributed by atoms with Crippen molar-refractivity contribution in [2.24, 2.45) is 0 Å². The lowest BCUT2D eigenvalue weighted by atomic mass is 10.1. The molecule has 1 aromatic carbocycles. The Balaban J connectivity index is 1.33. The third-order valence-corrected chi connectivity index (χ3v) is 5.34. The van der Waals surface area contributed by atoms with Gasteiger partial charge in [-0.05, 0) is 39.8 Å². The van der Waals surface area contributed by atoms with Crippen LogP contribution >= 0.6 is 0 Å². The van der Waals surface area contributed by atoms with Crippen molar-refractivity contribution in [3.8, 4) is 0 Å². The minimum Gasteiger partial charge on any atom is -0.444 e. The first-order chi connectivity index (χ1) is 14.7. The zero-order valence-electron chi connectivity index (χ0n) is 18.6. The van der Waals surface area contributed by atoms with E-state index in [-0.39, 0.29) is 24.5 Å². The van der Waals surface area contributed by atoms with Crippen molar-refractivity contribution in [1.82, 2.24) is 20.0 Å². The molecule has 3 rings (SSSR count). The van der Waals surface area contributed by atoms with Gasteiger partial charge in [0.2, 0.25) is 5.91 Å². The number of hydrogen-bond donors (Lipinski definition) is 1. The van der Waals surface area contributed by atoms with Gasteiger partial charge in [-0.1, -0.05) is 24.8 Å². The number of nitrogens with zero attached hydrogens (tertiary/aromatic N) is 3. The SMILES string of the molecule is C=C1c2ccccc2C(=O)N1CC(=O)NCCCN1CCN(C(=O)OC(C)(C)C)CC1. The molecule has 0 radical (unpaired) electrons. The zero-order valence-corrected chi connectivity index (χ0v) is 18.6. The fourth-order valence-electron chi connectivity index (χ4n) is 3.71. The Hall–Kier alpha value is -2.87. The topological polar surface area (TPSA) is 82.2 Å². The number of nitrogens with one attached hydrogen (secondary N) is 1. The monoisotopic (exact) mass is 428 g/mol. The van der Waals surface area contributed by atoms with E-state index >= 15 is 0 Å². The first-order valence-corrected chi connectivity index (χ1v) is 10.7. The first-order valence-electron chi connectivity index (χ1n) is 10.7. The zero-order chi connectivity index (χ0) is 22.6. The van der Waals surface area contributed by atoms with Crippen molar-refractivity contribution in [2.75, 3.05) is 45.8 Å². The molecule has 2 aliphatic heterocycles. The summed E-state index contributed by atoms with van der Waals surface area (Å²) < 4.78 is 5.41. The Labute approximate surface area is 183 Å². The first kappa shape index (κ1) is 22.8. The highest BCUT2D eigenvalue weighted by atomic mass is 16.6. The van der Waals surface area contributed by atoms with Gasteiger partial charge in [-0.25, -0.2) is 4.79 Å². The summed E-state index contributed by atoms with van der Waals surface area (Å²) >= 11 is 0. The van der Waals surface area contributed by atoms with Gasteiger partial charge in [0.15, 0.2) is 0 Å². The third-order valence-electron chi connectivity index (χ3n) is 5.34. The van der Waals surface area contributed by atoms with E-state index in [1.165, 1.54) is 4.90 Å². The standard InChI is InChI=1S/C23H32N4O4/c1-17-18-8-5-6-9-19(18)21(29)27(17)16-20(28)24-10-7-11-25-12-14-26(15-13-25)22(30)31-23(2,3)4/h5-6,8-9H,1,7,10-16H2,2-4H3,(H,24,28). The molecule has 8 heteroatoms. The highest BCUT2D eigenvalue weighted by molar-refractivity contribution is 6.10. The highest BCUT2D eigenvalue weighted by Crippen LogP contribution is 2.30. The Kier molecular flexibility index (Phi) is 7.00. The lowest BCUT2D eigenvalue weighted by Gasteiger charge is -2.35. The van der Waals surface area contributed by atoms with E-state index in [1.807, 2.05) is 32.9 Å². The number of carbonyl (C=O) groups is 3. The summed E-state index contributed by atoms with van der Waals surface area (Å²) in [4.78, 5) is 42.3. The molecule has 0 aromatic heterocycles. The summed E-state index contributed by atoms with van der Waals surface area (Å²) in [6, 6.07) is 7.26. The van der Waals surface area contributed by atoms with Crippen LogP contribution in [0.5, 0.6) is 0 Å². The normalized spacial score (nSPS) is 17.0. The van der Waals surface area contributed by atoms with E-state index < -0.39 is 5.60 Å². The molecule has 0 spiro atoms. The second-order valence-corrected chi connectivity index (χ2v) is 8.90. The molecule has 8 nitrogen and oxygen atoms in total. The van der Waals surface area contributed by atoms with E-state index in [9.17, 15) is 14.4 Å². The molecular formula is C23H32N4O4. The summed E-state index contributed by atoms with van der Waals surface area (Å²) in [5.41, 5.74) is 1.46. The molecule has 2 aliphatic rings. The van der Waals surface area contributed by atoms with Crippen LogP contribution in [0.25, 0.3) is 5.70 Å². The van der Waals surface area contributed by atoms with Crippen LogP contribution in [-0.4, -0.2) is 84.0 Å². The van der Waals surface area contributed by atoms with Gasteiger partial charge in [0, 0.05) is 49.5 Å². The molecule has 0 aliphatic carbocycles. The van der Waals surface area contributed by atoms with E-state index in [1.54, 1.807) is 17.0 Å². The molecule has 3 amide bonds. The van der Waals surface area contributed by atoms with Crippen molar-refractivity contribution >= 4 is 23.6 Å². The lowest BCUT2D eigenvalue weighted by Crippen LogP contribution is -2.50. The number of benzene rings is 1. The molecule has 1 fully saturated rings. The van der Waals surface area contributed by atoms with Crippen LogP contribution < -0.4 is 5.32 Å². The number of fused-ring (bicyclic) bond motifs is 1. The Morgan fingerprint density at radius 1 is 1.10 bits per heavy atom. The lowest BCUT2D eigenvalue weighted by molar-refractivity contribution is -0.121. The van der Waals surface area contributed by atoms with Crippen LogP contribution in [0, 0.1) is 0 Å². The molecule has 31 heavy (non-hydrogen) atoms. The molecule has 1 N–H and O–H groups in total. The molecule has 0 bridgehead atoms. The van der Waals surface area contributed by atoms with Crippen molar-refractivity contribution < 1.29 is 19.1 Å². The number of ether oxygens (including phenoxy) is 1. The summed E-state index contributed by atoms with van der Waals surface area (Å²) in [5.74, 6) is -0.379. The molecule has 1 saturated heterocycles. The fourth-order valence-corrected chi connectivity index (χ4v) is 3.71. The van der Waals surface area contributed by atoms with Gasteiger partial charge in [-0.2, -0.15) is 0 Å². The van der Waals surface area contributed by atoms with Gasteiger partial charge in [-0.3, -0.25) is 19.4 Å². The van der Waals surface area contributed by atoms with E-state index in [0.717, 1.165) is 31.6 Å². The molecule has 0 atom stereocenters. The predicted octanol–water partition coefficient (Wildman–Crippen LogP) is 2.17. The molecule has 1 aromatic rings. The summed E-state index contributed by atoms with van der Waals surface area (Å²) in [6.07, 6.45) is 0.535. The molecular weight excluding hydrogens is 396 g/mol. The summed E-state index contributed by atoms with van der Waals surface area (Å²) in [5, 5.41) is 2.88.